The van der Waals surface area contributed by atoms with E-state index >= 15 is 0 Å². The maximum Gasteiger partial charge on any atom is 0.319 e. The van der Waals surface area contributed by atoms with Gasteiger partial charge in [0, 0.05) is 11.3 Å². The lowest BCUT2D eigenvalue weighted by atomic mass is 9.93. The van der Waals surface area contributed by atoms with Crippen molar-refractivity contribution < 1.29 is 14.3 Å². The molecule has 0 aliphatic carbocycles. The summed E-state index contributed by atoms with van der Waals surface area (Å²) < 4.78 is 5.09. The third kappa shape index (κ3) is 2.59. The molecule has 1 atom stereocenters. The Balaban J connectivity index is 2.42. The molecule has 0 radical (unpaired) electrons. The number of rotatable bonds is 3. The molecule has 2 amide bonds. The zero-order chi connectivity index (χ0) is 14.0. The molecule has 5 nitrogen and oxygen atoms in total. The van der Waals surface area contributed by atoms with Gasteiger partial charge in [0.15, 0.2) is 5.78 Å². The lowest BCUT2D eigenvalue weighted by Crippen LogP contribution is -2.44. The molecule has 0 bridgehead atoms. The first-order chi connectivity index (χ1) is 9.02. The minimum absolute atomic E-state index is 0.0641. The van der Waals surface area contributed by atoms with Crippen LogP contribution in [-0.4, -0.2) is 18.9 Å². The molecule has 0 saturated heterocycles. The van der Waals surface area contributed by atoms with Crippen LogP contribution in [0.5, 0.6) is 5.75 Å². The Morgan fingerprint density at radius 1 is 1.26 bits per heavy atom. The number of ketones is 1. The van der Waals surface area contributed by atoms with E-state index in [0.29, 0.717) is 11.3 Å². The van der Waals surface area contributed by atoms with E-state index in [1.54, 1.807) is 26.2 Å². The van der Waals surface area contributed by atoms with Gasteiger partial charge < -0.3 is 15.4 Å². The third-order valence-electron chi connectivity index (χ3n) is 3.10. The van der Waals surface area contributed by atoms with Gasteiger partial charge in [-0.25, -0.2) is 4.79 Å². The number of nitrogens with one attached hydrogen (secondary N) is 2. The van der Waals surface area contributed by atoms with Crippen molar-refractivity contribution in [2.45, 2.75) is 19.9 Å². The van der Waals surface area contributed by atoms with Gasteiger partial charge in [0.1, 0.15) is 5.75 Å². The summed E-state index contributed by atoms with van der Waals surface area (Å²) in [6.07, 6.45) is 0. The molecule has 5 heteroatoms. The van der Waals surface area contributed by atoms with Crippen LogP contribution in [0.3, 0.4) is 0 Å². The molecule has 0 spiro atoms. The molecule has 0 saturated carbocycles. The topological polar surface area (TPSA) is 67.4 Å². The van der Waals surface area contributed by atoms with Gasteiger partial charge in [0.2, 0.25) is 0 Å². The van der Waals surface area contributed by atoms with E-state index in [0.717, 1.165) is 11.3 Å². The Bertz CT molecular complexity index is 546. The first kappa shape index (κ1) is 13.1. The Labute approximate surface area is 111 Å². The largest absolute Gasteiger partial charge is 0.497 e. The summed E-state index contributed by atoms with van der Waals surface area (Å²) >= 11 is 0. The van der Waals surface area contributed by atoms with Crippen molar-refractivity contribution in [3.8, 4) is 5.75 Å². The zero-order valence-corrected chi connectivity index (χ0v) is 11.1. The van der Waals surface area contributed by atoms with Gasteiger partial charge in [-0.3, -0.25) is 4.79 Å². The molecule has 1 heterocycles. The van der Waals surface area contributed by atoms with Crippen molar-refractivity contribution in [3.05, 3.63) is 41.1 Å². The SMILES string of the molecule is COc1ccc([C@H]2NC(=O)NC(C)=C2C(C)=O)cc1. The van der Waals surface area contributed by atoms with Crippen LogP contribution < -0.4 is 15.4 Å². The summed E-state index contributed by atoms with van der Waals surface area (Å²) in [5, 5.41) is 5.38. The van der Waals surface area contributed by atoms with Crippen molar-refractivity contribution in [3.63, 3.8) is 0 Å². The molecule has 0 aromatic heterocycles. The Hall–Kier alpha value is -2.30. The van der Waals surface area contributed by atoms with Crippen molar-refractivity contribution in [1.29, 1.82) is 0 Å². The molecule has 19 heavy (non-hydrogen) atoms. The number of hydrogen-bond acceptors (Lipinski definition) is 3. The summed E-state index contributed by atoms with van der Waals surface area (Å²) in [5.41, 5.74) is 2.02. The first-order valence-corrected chi connectivity index (χ1v) is 5.96. The first-order valence-electron chi connectivity index (χ1n) is 5.96. The normalized spacial score (nSPS) is 18.7. The molecule has 1 aromatic rings. The predicted octanol–water partition coefficient (Wildman–Crippen LogP) is 1.91. The van der Waals surface area contributed by atoms with Crippen molar-refractivity contribution in [2.24, 2.45) is 0 Å². The number of carbonyl (C=O) groups is 2. The second-order valence-electron chi connectivity index (χ2n) is 4.40. The molecule has 1 aromatic carbocycles. The van der Waals surface area contributed by atoms with E-state index in [2.05, 4.69) is 10.6 Å². The Kier molecular flexibility index (Phi) is 3.55. The maximum absolute atomic E-state index is 11.7. The number of urea groups is 1. The number of allylic oxidation sites excluding steroid dienone is 1. The van der Waals surface area contributed by atoms with Crippen LogP contribution in [-0.2, 0) is 4.79 Å². The van der Waals surface area contributed by atoms with E-state index in [4.69, 9.17) is 4.74 Å². The number of ether oxygens (including phenoxy) is 1. The third-order valence-corrected chi connectivity index (χ3v) is 3.10. The van der Waals surface area contributed by atoms with Crippen LogP contribution in [0.2, 0.25) is 0 Å². The van der Waals surface area contributed by atoms with Crippen molar-refractivity contribution in [1.82, 2.24) is 10.6 Å². The van der Waals surface area contributed by atoms with Crippen molar-refractivity contribution >= 4 is 11.8 Å². The number of Topliss-reactive ketones (excluding diaryl/α,β-unsaturated/α-hetero) is 1. The minimum Gasteiger partial charge on any atom is -0.497 e. The quantitative estimate of drug-likeness (QED) is 0.872. The van der Waals surface area contributed by atoms with Crippen LogP contribution >= 0.6 is 0 Å². The molecular weight excluding hydrogens is 244 g/mol. The Morgan fingerprint density at radius 3 is 2.42 bits per heavy atom. The number of amides is 2. The molecule has 0 fully saturated rings. The van der Waals surface area contributed by atoms with Gasteiger partial charge in [-0.15, -0.1) is 0 Å². The number of methoxy groups -OCH3 is 1. The highest BCUT2D eigenvalue weighted by Crippen LogP contribution is 2.28. The van der Waals surface area contributed by atoms with Crippen molar-refractivity contribution in [2.75, 3.05) is 7.11 Å². The van der Waals surface area contributed by atoms with Crippen LogP contribution in [0, 0.1) is 0 Å². The highest BCUT2D eigenvalue weighted by molar-refractivity contribution is 5.98. The fraction of sp³-hybridized carbons (Fsp3) is 0.286. The maximum atomic E-state index is 11.7. The van der Waals surface area contributed by atoms with Crippen LogP contribution in [0.4, 0.5) is 4.79 Å². The number of hydrogen-bond donors (Lipinski definition) is 2. The van der Waals surface area contributed by atoms with Crippen LogP contribution in [0.15, 0.2) is 35.5 Å². The average molecular weight is 260 g/mol. The van der Waals surface area contributed by atoms with Gasteiger partial charge in [-0.05, 0) is 31.5 Å². The zero-order valence-electron chi connectivity index (χ0n) is 11.1. The standard InChI is InChI=1S/C14H16N2O3/c1-8-12(9(2)17)13(16-14(18)15-8)10-4-6-11(19-3)7-5-10/h4-7,13H,1-3H3,(H2,15,16,18)/t13-/m1/s1. The second kappa shape index (κ2) is 5.14. The van der Waals surface area contributed by atoms with Crippen LogP contribution in [0.1, 0.15) is 25.5 Å². The summed E-state index contributed by atoms with van der Waals surface area (Å²) in [6.45, 7) is 3.22. The summed E-state index contributed by atoms with van der Waals surface area (Å²) in [6, 6.07) is 6.56. The highest BCUT2D eigenvalue weighted by atomic mass is 16.5. The highest BCUT2D eigenvalue weighted by Gasteiger charge is 2.28. The smallest absolute Gasteiger partial charge is 0.319 e. The van der Waals surface area contributed by atoms with Gasteiger partial charge >= 0.3 is 6.03 Å². The van der Waals surface area contributed by atoms with E-state index in [-0.39, 0.29) is 11.8 Å². The molecule has 1 aliphatic rings. The molecule has 1 aliphatic heterocycles. The fourth-order valence-corrected chi connectivity index (χ4v) is 2.21. The van der Waals surface area contributed by atoms with E-state index < -0.39 is 6.04 Å². The van der Waals surface area contributed by atoms with Gasteiger partial charge in [0.25, 0.3) is 0 Å². The van der Waals surface area contributed by atoms with E-state index in [1.807, 2.05) is 12.1 Å². The second-order valence-corrected chi connectivity index (χ2v) is 4.40. The summed E-state index contributed by atoms with van der Waals surface area (Å²) in [7, 11) is 1.59. The lowest BCUT2D eigenvalue weighted by molar-refractivity contribution is -0.114. The molecular formula is C14H16N2O3. The average Bonchev–Trinajstić information content (AvgIpc) is 2.37. The molecule has 2 rings (SSSR count). The minimum atomic E-state index is -0.419. The molecule has 100 valence electrons. The Morgan fingerprint density at radius 2 is 1.89 bits per heavy atom. The van der Waals surface area contributed by atoms with Gasteiger partial charge in [-0.1, -0.05) is 12.1 Å². The van der Waals surface area contributed by atoms with Gasteiger partial charge in [0.05, 0.1) is 13.2 Å². The van der Waals surface area contributed by atoms with Crippen LogP contribution in [0.25, 0.3) is 0 Å². The monoisotopic (exact) mass is 260 g/mol. The fourth-order valence-electron chi connectivity index (χ4n) is 2.21. The number of benzene rings is 1. The van der Waals surface area contributed by atoms with E-state index in [9.17, 15) is 9.59 Å². The lowest BCUT2D eigenvalue weighted by Gasteiger charge is -2.28. The summed E-state index contributed by atoms with van der Waals surface area (Å²) in [5.74, 6) is 0.667. The molecule has 0 unspecified atom stereocenters. The predicted molar refractivity (Wildman–Crippen MR) is 70.8 cm³/mol. The summed E-state index contributed by atoms with van der Waals surface area (Å²) in [4.78, 5) is 23.3. The number of carbonyl (C=O) groups excluding carboxylic acids is 2. The molecule has 2 N–H and O–H groups in total. The van der Waals surface area contributed by atoms with E-state index in [1.165, 1.54) is 6.92 Å². The van der Waals surface area contributed by atoms with Gasteiger partial charge in [-0.2, -0.15) is 0 Å².